The maximum Gasteiger partial charge on any atom is 0.149 e. The summed E-state index contributed by atoms with van der Waals surface area (Å²) >= 11 is 0. The molecule has 0 unspecified atom stereocenters. The van der Waals surface area contributed by atoms with E-state index in [-0.39, 0.29) is 0 Å². The lowest BCUT2D eigenvalue weighted by Gasteiger charge is -2.38. The van der Waals surface area contributed by atoms with Gasteiger partial charge in [0.2, 0.25) is 0 Å². The van der Waals surface area contributed by atoms with Crippen molar-refractivity contribution in [3.05, 3.63) is 91.0 Å². The van der Waals surface area contributed by atoms with E-state index < -0.39 is 6.15 Å². The molecule has 1 aliphatic carbocycles. The summed E-state index contributed by atoms with van der Waals surface area (Å²) in [5.74, 6) is 8.29. The van der Waals surface area contributed by atoms with E-state index in [2.05, 4.69) is 131 Å². The van der Waals surface area contributed by atoms with Crippen LogP contribution >= 0.6 is 0 Å². The maximum atomic E-state index is 3.84. The zero-order valence-electron chi connectivity index (χ0n) is 21.0. The molecule has 0 N–H and O–H groups in total. The molecule has 2 heteroatoms. The summed E-state index contributed by atoms with van der Waals surface area (Å²) in [4.78, 5) is 0. The van der Waals surface area contributed by atoms with E-state index in [9.17, 15) is 0 Å². The molecule has 1 saturated carbocycles. The number of hydrogen-bond donors (Lipinski definition) is 0. The molecular formula is C31H40BN. The van der Waals surface area contributed by atoms with Crippen molar-refractivity contribution in [3.8, 4) is 11.7 Å². The van der Waals surface area contributed by atoms with E-state index in [0.29, 0.717) is 0 Å². The molecule has 1 nitrogen and oxygen atoms in total. The highest BCUT2D eigenvalue weighted by Crippen LogP contribution is 2.25. The van der Waals surface area contributed by atoms with Crippen molar-refractivity contribution in [1.29, 1.82) is 0 Å². The Morgan fingerprint density at radius 1 is 0.636 bits per heavy atom. The second kappa shape index (κ2) is 11.9. The van der Waals surface area contributed by atoms with Crippen LogP contribution in [-0.4, -0.2) is 38.8 Å². The highest BCUT2D eigenvalue weighted by molar-refractivity contribution is 7.16. The van der Waals surface area contributed by atoms with Crippen molar-refractivity contribution < 1.29 is 4.48 Å². The zero-order valence-corrected chi connectivity index (χ0v) is 21.0. The van der Waals surface area contributed by atoms with Gasteiger partial charge in [0, 0.05) is 6.42 Å². The van der Waals surface area contributed by atoms with Crippen LogP contribution in [0.5, 0.6) is 0 Å². The SMILES string of the molecule is C(#C[B-](c1ccccc1)(c1ccccc1)c1ccccc1)CC1CCCCC1.C[N+](C)(C)C. The van der Waals surface area contributed by atoms with Gasteiger partial charge in [-0.1, -0.05) is 110 Å². The minimum atomic E-state index is -1.30. The molecule has 1 fully saturated rings. The third-order valence-electron chi connectivity index (χ3n) is 6.33. The van der Waals surface area contributed by atoms with Crippen molar-refractivity contribution in [2.24, 2.45) is 5.92 Å². The van der Waals surface area contributed by atoms with Crippen LogP contribution in [0, 0.1) is 17.7 Å². The van der Waals surface area contributed by atoms with Crippen LogP contribution in [-0.2, 0) is 0 Å². The second-order valence-corrected chi connectivity index (χ2v) is 10.8. The smallest absolute Gasteiger partial charge is 0.149 e. The van der Waals surface area contributed by atoms with Crippen LogP contribution in [0.4, 0.5) is 0 Å². The predicted molar refractivity (Wildman–Crippen MR) is 147 cm³/mol. The highest BCUT2D eigenvalue weighted by atomic mass is 15.2. The monoisotopic (exact) mass is 437 g/mol. The van der Waals surface area contributed by atoms with E-state index in [4.69, 9.17) is 0 Å². The van der Waals surface area contributed by atoms with Crippen molar-refractivity contribution in [2.45, 2.75) is 38.5 Å². The second-order valence-electron chi connectivity index (χ2n) is 10.8. The summed E-state index contributed by atoms with van der Waals surface area (Å²) in [6.45, 7) is 0. The number of hydrogen-bond acceptors (Lipinski definition) is 0. The molecule has 0 heterocycles. The molecule has 0 atom stereocenters. The molecule has 0 saturated heterocycles. The first kappa shape index (κ1) is 24.9. The molecule has 0 aromatic heterocycles. The Labute approximate surface area is 202 Å². The first-order valence-corrected chi connectivity index (χ1v) is 12.5. The van der Waals surface area contributed by atoms with Gasteiger partial charge in [-0.15, -0.1) is 5.92 Å². The topological polar surface area (TPSA) is 0 Å². The Kier molecular flexibility index (Phi) is 8.99. The molecule has 0 spiro atoms. The molecule has 33 heavy (non-hydrogen) atoms. The van der Waals surface area contributed by atoms with Gasteiger partial charge in [-0.05, 0) is 18.8 Å². The van der Waals surface area contributed by atoms with Gasteiger partial charge < -0.3 is 4.48 Å². The van der Waals surface area contributed by atoms with Crippen LogP contribution in [0.15, 0.2) is 91.0 Å². The Bertz CT molecular complexity index is 902. The summed E-state index contributed by atoms with van der Waals surface area (Å²) in [7, 11) is 8.50. The lowest BCUT2D eigenvalue weighted by molar-refractivity contribution is -0.849. The Balaban J connectivity index is 0.000000555. The predicted octanol–water partition coefficient (Wildman–Crippen LogP) is 4.99. The number of rotatable bonds is 4. The lowest BCUT2D eigenvalue weighted by atomic mass is 9.16. The van der Waals surface area contributed by atoms with Crippen molar-refractivity contribution in [3.63, 3.8) is 0 Å². The minimum absolute atomic E-state index is 0.775. The molecule has 3 aromatic rings. The van der Waals surface area contributed by atoms with E-state index in [1.807, 2.05) is 0 Å². The van der Waals surface area contributed by atoms with Crippen molar-refractivity contribution in [1.82, 2.24) is 0 Å². The quantitative estimate of drug-likeness (QED) is 0.306. The fourth-order valence-electron chi connectivity index (χ4n) is 4.80. The maximum absolute atomic E-state index is 3.84. The zero-order chi connectivity index (χ0) is 23.6. The normalized spacial score (nSPS) is 14.4. The number of benzene rings is 3. The van der Waals surface area contributed by atoms with Crippen molar-refractivity contribution >= 4 is 22.5 Å². The highest BCUT2D eigenvalue weighted by Gasteiger charge is 2.27. The van der Waals surface area contributed by atoms with Gasteiger partial charge in [0.1, 0.15) is 6.15 Å². The van der Waals surface area contributed by atoms with Crippen LogP contribution < -0.4 is 16.4 Å². The third-order valence-corrected chi connectivity index (χ3v) is 6.33. The van der Waals surface area contributed by atoms with Gasteiger partial charge in [-0.3, -0.25) is 5.82 Å². The summed E-state index contributed by atoms with van der Waals surface area (Å²) in [5.41, 5.74) is 3.91. The van der Waals surface area contributed by atoms with Crippen LogP contribution in [0.3, 0.4) is 0 Å². The summed E-state index contributed by atoms with van der Waals surface area (Å²) in [5, 5.41) is 0. The van der Waals surface area contributed by atoms with E-state index in [1.165, 1.54) is 48.5 Å². The molecule has 3 aromatic carbocycles. The molecule has 0 aliphatic heterocycles. The van der Waals surface area contributed by atoms with Gasteiger partial charge in [-0.2, -0.15) is 16.4 Å². The molecule has 0 amide bonds. The molecule has 172 valence electrons. The Morgan fingerprint density at radius 2 is 1.00 bits per heavy atom. The standard InChI is InChI=1S/C27H28B.C4H12N/c1-5-14-24(15-6-1)16-13-23-28(25-17-7-2-8-18-25,26-19-9-3-10-20-26)27-21-11-4-12-22-27;1-5(2,3)4/h2-4,7-12,17-22,24H,1,5-6,14-16H2;1-4H3/q-1;+1. The summed E-state index contributed by atoms with van der Waals surface area (Å²) in [6, 6.07) is 32.6. The van der Waals surface area contributed by atoms with E-state index in [1.54, 1.807) is 0 Å². The van der Waals surface area contributed by atoms with E-state index in [0.717, 1.165) is 16.8 Å². The molecule has 4 rings (SSSR count). The van der Waals surface area contributed by atoms with Crippen LogP contribution in [0.1, 0.15) is 38.5 Å². The fourth-order valence-corrected chi connectivity index (χ4v) is 4.80. The van der Waals surface area contributed by atoms with Crippen molar-refractivity contribution in [2.75, 3.05) is 28.2 Å². The fraction of sp³-hybridized carbons (Fsp3) is 0.355. The molecule has 0 radical (unpaired) electrons. The third kappa shape index (κ3) is 7.38. The first-order chi connectivity index (χ1) is 15.9. The lowest BCUT2D eigenvalue weighted by Crippen LogP contribution is -2.66. The van der Waals surface area contributed by atoms with E-state index >= 15 is 0 Å². The average molecular weight is 437 g/mol. The molecule has 1 aliphatic rings. The van der Waals surface area contributed by atoms with Gasteiger partial charge in [0.05, 0.1) is 28.2 Å². The largest absolute Gasteiger partial charge is 0.333 e. The molecular weight excluding hydrogens is 397 g/mol. The molecule has 0 bridgehead atoms. The first-order valence-electron chi connectivity index (χ1n) is 12.5. The number of quaternary nitrogens is 1. The summed E-state index contributed by atoms with van der Waals surface area (Å²) in [6.07, 6.45) is 6.55. The van der Waals surface area contributed by atoms with Gasteiger partial charge >= 0.3 is 0 Å². The van der Waals surface area contributed by atoms with Gasteiger partial charge in [-0.25, -0.2) is 0 Å². The van der Waals surface area contributed by atoms with Crippen LogP contribution in [0.2, 0.25) is 0 Å². The Hall–Kier alpha value is -2.76. The van der Waals surface area contributed by atoms with Gasteiger partial charge in [0.15, 0.2) is 0 Å². The summed E-state index contributed by atoms with van der Waals surface area (Å²) < 4.78 is 1.00. The average Bonchev–Trinajstić information content (AvgIpc) is 2.83. The van der Waals surface area contributed by atoms with Crippen LogP contribution in [0.25, 0.3) is 0 Å². The Morgan fingerprint density at radius 3 is 1.36 bits per heavy atom. The number of nitrogens with zero attached hydrogens (tertiary/aromatic N) is 1. The minimum Gasteiger partial charge on any atom is -0.333 e. The van der Waals surface area contributed by atoms with Gasteiger partial charge in [0.25, 0.3) is 0 Å².